The third-order valence-corrected chi connectivity index (χ3v) is 3.26. The first-order valence-electron chi connectivity index (χ1n) is 5.32. The van der Waals surface area contributed by atoms with Crippen LogP contribution < -0.4 is 5.32 Å². The Labute approximate surface area is 95.3 Å². The largest absolute Gasteiger partial charge is 0.369 e. The van der Waals surface area contributed by atoms with Gasteiger partial charge in [0, 0.05) is 12.6 Å². The summed E-state index contributed by atoms with van der Waals surface area (Å²) in [7, 11) is 0. The van der Waals surface area contributed by atoms with Gasteiger partial charge in [0.15, 0.2) is 0 Å². The molecule has 0 radical (unpaired) electrons. The average molecular weight is 226 g/mol. The minimum absolute atomic E-state index is 0.450. The van der Waals surface area contributed by atoms with Gasteiger partial charge in [0.05, 0.1) is 0 Å². The Hall–Kier alpha value is -0.830. The van der Waals surface area contributed by atoms with Crippen LogP contribution in [0.25, 0.3) is 0 Å². The van der Waals surface area contributed by atoms with Gasteiger partial charge in [0.2, 0.25) is 0 Å². The average Bonchev–Trinajstić information content (AvgIpc) is 2.10. The Bertz CT molecular complexity index is 341. The molecule has 1 heterocycles. The lowest BCUT2D eigenvalue weighted by atomic mass is 9.70. The van der Waals surface area contributed by atoms with Gasteiger partial charge in [-0.05, 0) is 25.2 Å². The molecule has 0 saturated heterocycles. The van der Waals surface area contributed by atoms with Gasteiger partial charge in [-0.25, -0.2) is 9.97 Å². The van der Waals surface area contributed by atoms with Crippen LogP contribution in [-0.4, -0.2) is 16.5 Å². The molecule has 0 atom stereocenters. The molecule has 1 aromatic rings. The standard InChI is InChI=1S/C11H16ClN3/c1-8-14-9(12)6-10(15-8)13-7-11(2)4-3-5-11/h6H,3-5,7H2,1-2H3,(H,13,14,15). The molecule has 0 amide bonds. The van der Waals surface area contributed by atoms with E-state index in [0.717, 1.165) is 12.4 Å². The monoisotopic (exact) mass is 225 g/mol. The predicted octanol–water partition coefficient (Wildman–Crippen LogP) is 3.04. The van der Waals surface area contributed by atoms with Crippen molar-refractivity contribution in [3.63, 3.8) is 0 Å². The number of hydrogen-bond acceptors (Lipinski definition) is 3. The van der Waals surface area contributed by atoms with Crippen LogP contribution in [0.4, 0.5) is 5.82 Å². The second-order valence-electron chi connectivity index (χ2n) is 4.64. The quantitative estimate of drug-likeness (QED) is 0.804. The first kappa shape index (κ1) is 10.7. The Morgan fingerprint density at radius 2 is 2.20 bits per heavy atom. The highest BCUT2D eigenvalue weighted by Crippen LogP contribution is 2.40. The Morgan fingerprint density at radius 3 is 2.73 bits per heavy atom. The Balaban J connectivity index is 1.98. The van der Waals surface area contributed by atoms with E-state index in [1.165, 1.54) is 19.3 Å². The summed E-state index contributed by atoms with van der Waals surface area (Å²) in [4.78, 5) is 8.32. The van der Waals surface area contributed by atoms with Crippen LogP contribution in [0.5, 0.6) is 0 Å². The number of nitrogens with one attached hydrogen (secondary N) is 1. The van der Waals surface area contributed by atoms with Crippen molar-refractivity contribution in [3.8, 4) is 0 Å². The second-order valence-corrected chi connectivity index (χ2v) is 5.03. The summed E-state index contributed by atoms with van der Waals surface area (Å²) in [5, 5.41) is 3.84. The zero-order chi connectivity index (χ0) is 10.9. The molecule has 1 fully saturated rings. The molecule has 0 spiro atoms. The van der Waals surface area contributed by atoms with Crippen molar-refractivity contribution >= 4 is 17.4 Å². The molecular formula is C11H16ClN3. The number of aryl methyl sites for hydroxylation is 1. The molecule has 15 heavy (non-hydrogen) atoms. The third-order valence-electron chi connectivity index (χ3n) is 3.06. The van der Waals surface area contributed by atoms with Gasteiger partial charge >= 0.3 is 0 Å². The van der Waals surface area contributed by atoms with Gasteiger partial charge in [-0.15, -0.1) is 0 Å². The highest BCUT2D eigenvalue weighted by molar-refractivity contribution is 6.29. The molecule has 0 bridgehead atoms. The summed E-state index contributed by atoms with van der Waals surface area (Å²) >= 11 is 5.86. The summed E-state index contributed by atoms with van der Waals surface area (Å²) < 4.78 is 0. The first-order chi connectivity index (χ1) is 7.07. The molecule has 1 aliphatic carbocycles. The SMILES string of the molecule is Cc1nc(Cl)cc(NCC2(C)CCC2)n1. The van der Waals surface area contributed by atoms with Crippen LogP contribution in [0, 0.1) is 12.3 Å². The molecule has 0 aliphatic heterocycles. The maximum absolute atomic E-state index is 5.86. The first-order valence-corrected chi connectivity index (χ1v) is 5.70. The van der Waals surface area contributed by atoms with Crippen molar-refractivity contribution in [1.29, 1.82) is 0 Å². The number of anilines is 1. The summed E-state index contributed by atoms with van der Waals surface area (Å²) in [6, 6.07) is 1.77. The molecular weight excluding hydrogens is 210 g/mol. The molecule has 0 unspecified atom stereocenters. The summed E-state index contributed by atoms with van der Waals surface area (Å²) in [5.74, 6) is 1.55. The number of halogens is 1. The predicted molar refractivity (Wildman–Crippen MR) is 62.2 cm³/mol. The smallest absolute Gasteiger partial charge is 0.134 e. The van der Waals surface area contributed by atoms with E-state index in [0.29, 0.717) is 16.4 Å². The Morgan fingerprint density at radius 1 is 1.47 bits per heavy atom. The lowest BCUT2D eigenvalue weighted by molar-refractivity contribution is 0.180. The van der Waals surface area contributed by atoms with E-state index in [2.05, 4.69) is 22.2 Å². The summed E-state index contributed by atoms with van der Waals surface area (Å²) in [6.45, 7) is 5.13. The fraction of sp³-hybridized carbons (Fsp3) is 0.636. The maximum Gasteiger partial charge on any atom is 0.134 e. The number of hydrogen-bond donors (Lipinski definition) is 1. The fourth-order valence-corrected chi connectivity index (χ4v) is 2.11. The molecule has 2 rings (SSSR count). The van der Waals surface area contributed by atoms with Gasteiger partial charge in [0.1, 0.15) is 16.8 Å². The van der Waals surface area contributed by atoms with Crippen molar-refractivity contribution in [1.82, 2.24) is 9.97 Å². The number of aromatic nitrogens is 2. The van der Waals surface area contributed by atoms with Crippen LogP contribution in [0.1, 0.15) is 32.0 Å². The molecule has 3 nitrogen and oxygen atoms in total. The minimum Gasteiger partial charge on any atom is -0.369 e. The lowest BCUT2D eigenvalue weighted by Gasteiger charge is -2.38. The normalized spacial score (nSPS) is 18.3. The van der Waals surface area contributed by atoms with Crippen molar-refractivity contribution < 1.29 is 0 Å². The molecule has 1 N–H and O–H groups in total. The maximum atomic E-state index is 5.86. The Kier molecular flexibility index (Phi) is 2.83. The van der Waals surface area contributed by atoms with Crippen LogP contribution in [0.2, 0.25) is 5.15 Å². The van der Waals surface area contributed by atoms with Gasteiger partial charge in [0.25, 0.3) is 0 Å². The summed E-state index contributed by atoms with van der Waals surface area (Å²) in [6.07, 6.45) is 3.96. The van der Waals surface area contributed by atoms with Crippen LogP contribution in [-0.2, 0) is 0 Å². The highest BCUT2D eigenvalue weighted by atomic mass is 35.5. The van der Waals surface area contributed by atoms with Crippen LogP contribution in [0.15, 0.2) is 6.07 Å². The number of rotatable bonds is 3. The molecule has 4 heteroatoms. The van der Waals surface area contributed by atoms with E-state index < -0.39 is 0 Å². The molecule has 1 aliphatic rings. The number of nitrogens with zero attached hydrogens (tertiary/aromatic N) is 2. The van der Waals surface area contributed by atoms with Crippen LogP contribution in [0.3, 0.4) is 0 Å². The van der Waals surface area contributed by atoms with E-state index in [9.17, 15) is 0 Å². The zero-order valence-corrected chi connectivity index (χ0v) is 9.93. The van der Waals surface area contributed by atoms with E-state index in [1.807, 2.05) is 6.92 Å². The lowest BCUT2D eigenvalue weighted by Crippen LogP contribution is -2.33. The molecule has 1 aromatic heterocycles. The van der Waals surface area contributed by atoms with Gasteiger partial charge in [-0.1, -0.05) is 24.9 Å². The zero-order valence-electron chi connectivity index (χ0n) is 9.18. The molecule has 82 valence electrons. The van der Waals surface area contributed by atoms with Crippen molar-refractivity contribution in [2.24, 2.45) is 5.41 Å². The van der Waals surface area contributed by atoms with E-state index in [4.69, 9.17) is 11.6 Å². The van der Waals surface area contributed by atoms with Gasteiger partial charge < -0.3 is 5.32 Å². The molecule has 0 aromatic carbocycles. The minimum atomic E-state index is 0.450. The third kappa shape index (κ3) is 2.59. The van der Waals surface area contributed by atoms with Crippen LogP contribution >= 0.6 is 11.6 Å². The van der Waals surface area contributed by atoms with E-state index in [1.54, 1.807) is 6.07 Å². The van der Waals surface area contributed by atoms with E-state index in [-0.39, 0.29) is 0 Å². The van der Waals surface area contributed by atoms with Gasteiger partial charge in [-0.2, -0.15) is 0 Å². The summed E-state index contributed by atoms with van der Waals surface area (Å²) in [5.41, 5.74) is 0.450. The highest BCUT2D eigenvalue weighted by Gasteiger charge is 2.31. The van der Waals surface area contributed by atoms with E-state index >= 15 is 0 Å². The van der Waals surface area contributed by atoms with Crippen molar-refractivity contribution in [2.45, 2.75) is 33.1 Å². The second kappa shape index (κ2) is 3.97. The van der Waals surface area contributed by atoms with Crippen molar-refractivity contribution in [3.05, 3.63) is 17.0 Å². The molecule has 1 saturated carbocycles. The van der Waals surface area contributed by atoms with Crippen molar-refractivity contribution in [2.75, 3.05) is 11.9 Å². The topological polar surface area (TPSA) is 37.8 Å². The van der Waals surface area contributed by atoms with Gasteiger partial charge in [-0.3, -0.25) is 0 Å². The fourth-order valence-electron chi connectivity index (χ4n) is 1.88.